The van der Waals surface area contributed by atoms with Gasteiger partial charge >= 0.3 is 0 Å². The highest BCUT2D eigenvalue weighted by molar-refractivity contribution is 6.05. The van der Waals surface area contributed by atoms with Gasteiger partial charge in [0.1, 0.15) is 0 Å². The van der Waals surface area contributed by atoms with Gasteiger partial charge < -0.3 is 4.74 Å². The first-order valence-corrected chi connectivity index (χ1v) is 7.05. The fraction of sp³-hybridized carbons (Fsp3) is 0.857. The molecule has 1 aliphatic heterocycles. The summed E-state index contributed by atoms with van der Waals surface area (Å²) in [6.07, 6.45) is 2.72. The number of likely N-dealkylation sites (tertiary alicyclic amines) is 1. The molecule has 1 heterocycles. The molecule has 0 spiro atoms. The number of carbonyl (C=O) groups is 2. The Morgan fingerprint density at radius 2 is 1.89 bits per heavy atom. The van der Waals surface area contributed by atoms with Crippen LogP contribution < -0.4 is 0 Å². The van der Waals surface area contributed by atoms with Crippen molar-refractivity contribution in [2.75, 3.05) is 13.2 Å². The minimum atomic E-state index is -0.292. The number of hydrogen-bond acceptors (Lipinski definition) is 3. The molecule has 1 aliphatic rings. The van der Waals surface area contributed by atoms with Crippen molar-refractivity contribution in [2.24, 2.45) is 11.8 Å². The highest BCUT2D eigenvalue weighted by atomic mass is 16.5. The fourth-order valence-corrected chi connectivity index (χ4v) is 2.55. The van der Waals surface area contributed by atoms with E-state index in [1.807, 2.05) is 20.8 Å². The zero-order valence-electron chi connectivity index (χ0n) is 11.9. The maximum Gasteiger partial charge on any atom is 0.235 e. The molecule has 1 rings (SSSR count). The van der Waals surface area contributed by atoms with Crippen LogP contribution in [0, 0.1) is 11.8 Å². The van der Waals surface area contributed by atoms with Gasteiger partial charge in [-0.15, -0.1) is 0 Å². The van der Waals surface area contributed by atoms with Crippen molar-refractivity contribution in [1.82, 2.24) is 4.90 Å². The van der Waals surface area contributed by atoms with Crippen LogP contribution in [0.4, 0.5) is 0 Å². The topological polar surface area (TPSA) is 46.6 Å². The summed E-state index contributed by atoms with van der Waals surface area (Å²) in [4.78, 5) is 25.5. The molecular formula is C14H25NO3. The van der Waals surface area contributed by atoms with Crippen molar-refractivity contribution in [1.29, 1.82) is 0 Å². The van der Waals surface area contributed by atoms with Crippen LogP contribution in [0.5, 0.6) is 0 Å². The number of carbonyl (C=O) groups excluding carboxylic acids is 2. The van der Waals surface area contributed by atoms with E-state index >= 15 is 0 Å². The van der Waals surface area contributed by atoms with Gasteiger partial charge in [0.25, 0.3) is 0 Å². The third-order valence-electron chi connectivity index (χ3n) is 3.69. The van der Waals surface area contributed by atoms with Crippen LogP contribution in [0.3, 0.4) is 0 Å². The van der Waals surface area contributed by atoms with Gasteiger partial charge in [-0.3, -0.25) is 14.5 Å². The maximum absolute atomic E-state index is 12.2. The molecule has 2 amide bonds. The fourth-order valence-electron chi connectivity index (χ4n) is 2.55. The highest BCUT2D eigenvalue weighted by Gasteiger charge is 2.47. The molecule has 0 radical (unpaired) electrons. The quantitative estimate of drug-likeness (QED) is 0.517. The second-order valence-electron chi connectivity index (χ2n) is 4.91. The lowest BCUT2D eigenvalue weighted by Crippen LogP contribution is -2.35. The van der Waals surface area contributed by atoms with Crippen molar-refractivity contribution < 1.29 is 14.3 Å². The molecule has 1 fully saturated rings. The summed E-state index contributed by atoms with van der Waals surface area (Å²) in [5.41, 5.74) is 0. The van der Waals surface area contributed by atoms with Crippen molar-refractivity contribution in [3.8, 4) is 0 Å². The Morgan fingerprint density at radius 1 is 1.22 bits per heavy atom. The van der Waals surface area contributed by atoms with Crippen LogP contribution in [0.2, 0.25) is 0 Å². The minimum Gasteiger partial charge on any atom is -0.377 e. The smallest absolute Gasteiger partial charge is 0.235 e. The van der Waals surface area contributed by atoms with Gasteiger partial charge in [0.15, 0.2) is 0 Å². The van der Waals surface area contributed by atoms with Gasteiger partial charge in [0, 0.05) is 19.1 Å². The van der Waals surface area contributed by atoms with Crippen LogP contribution in [-0.4, -0.2) is 36.0 Å². The van der Waals surface area contributed by atoms with E-state index in [-0.39, 0.29) is 29.8 Å². The summed E-state index contributed by atoms with van der Waals surface area (Å²) in [5.74, 6) is -0.647. The van der Waals surface area contributed by atoms with Crippen LogP contribution in [-0.2, 0) is 14.3 Å². The molecule has 0 aromatic rings. The Morgan fingerprint density at radius 3 is 2.33 bits per heavy atom. The molecule has 18 heavy (non-hydrogen) atoms. The third kappa shape index (κ3) is 2.91. The summed E-state index contributed by atoms with van der Waals surface area (Å²) in [6.45, 7) is 8.93. The first-order chi connectivity index (χ1) is 8.58. The van der Waals surface area contributed by atoms with Crippen LogP contribution in [0.1, 0.15) is 47.0 Å². The molecule has 0 bridgehead atoms. The van der Waals surface area contributed by atoms with E-state index in [9.17, 15) is 9.59 Å². The number of nitrogens with zero attached hydrogens (tertiary/aromatic N) is 1. The van der Waals surface area contributed by atoms with Crippen molar-refractivity contribution in [3.63, 3.8) is 0 Å². The number of amides is 2. The number of imide groups is 1. The van der Waals surface area contributed by atoms with Gasteiger partial charge in [-0.25, -0.2) is 0 Å². The molecule has 3 atom stereocenters. The number of unbranched alkanes of at least 4 members (excludes halogenated alkanes) is 1. The lowest BCUT2D eigenvalue weighted by atomic mass is 9.90. The first-order valence-electron chi connectivity index (χ1n) is 7.05. The van der Waals surface area contributed by atoms with E-state index in [0.29, 0.717) is 13.2 Å². The Kier molecular flexibility index (Phi) is 5.79. The van der Waals surface area contributed by atoms with Gasteiger partial charge in [0.05, 0.1) is 12.0 Å². The molecule has 0 aliphatic carbocycles. The van der Waals surface area contributed by atoms with E-state index in [2.05, 4.69) is 6.92 Å². The normalized spacial score (nSPS) is 25.9. The summed E-state index contributed by atoms with van der Waals surface area (Å²) in [5, 5.41) is 0. The summed E-state index contributed by atoms with van der Waals surface area (Å²) in [6, 6.07) is 0. The van der Waals surface area contributed by atoms with Crippen LogP contribution in [0.15, 0.2) is 0 Å². The lowest BCUT2D eigenvalue weighted by Gasteiger charge is -2.23. The van der Waals surface area contributed by atoms with E-state index < -0.39 is 0 Å². The van der Waals surface area contributed by atoms with E-state index in [4.69, 9.17) is 4.74 Å². The number of hydrogen-bond donors (Lipinski definition) is 0. The maximum atomic E-state index is 12.2. The lowest BCUT2D eigenvalue weighted by molar-refractivity contribution is -0.140. The minimum absolute atomic E-state index is 0.0509. The van der Waals surface area contributed by atoms with Gasteiger partial charge in [-0.1, -0.05) is 27.2 Å². The average Bonchev–Trinajstić information content (AvgIpc) is 2.57. The van der Waals surface area contributed by atoms with E-state index in [1.165, 1.54) is 4.90 Å². The molecule has 0 N–H and O–H groups in total. The molecule has 3 unspecified atom stereocenters. The van der Waals surface area contributed by atoms with E-state index in [0.717, 1.165) is 19.3 Å². The van der Waals surface area contributed by atoms with Crippen LogP contribution >= 0.6 is 0 Å². The Balaban J connectivity index is 2.73. The van der Waals surface area contributed by atoms with Gasteiger partial charge in [0.2, 0.25) is 11.8 Å². The van der Waals surface area contributed by atoms with Crippen molar-refractivity contribution in [3.05, 3.63) is 0 Å². The third-order valence-corrected chi connectivity index (χ3v) is 3.69. The monoisotopic (exact) mass is 255 g/mol. The average molecular weight is 255 g/mol. The number of rotatable bonds is 7. The molecule has 0 aromatic carbocycles. The molecule has 4 heteroatoms. The van der Waals surface area contributed by atoms with Gasteiger partial charge in [-0.05, 0) is 19.8 Å². The molecule has 0 aromatic heterocycles. The summed E-state index contributed by atoms with van der Waals surface area (Å²) < 4.78 is 5.80. The zero-order valence-corrected chi connectivity index (χ0v) is 11.9. The number of ether oxygens (including phenoxy) is 1. The molecule has 1 saturated heterocycles. The molecular weight excluding hydrogens is 230 g/mol. The van der Waals surface area contributed by atoms with Crippen molar-refractivity contribution in [2.45, 2.75) is 53.1 Å². The Hall–Kier alpha value is -0.900. The predicted molar refractivity (Wildman–Crippen MR) is 70.0 cm³/mol. The Labute approximate surface area is 110 Å². The second-order valence-corrected chi connectivity index (χ2v) is 4.91. The highest BCUT2D eigenvalue weighted by Crippen LogP contribution is 2.31. The van der Waals surface area contributed by atoms with Crippen LogP contribution in [0.25, 0.3) is 0 Å². The molecule has 0 saturated carbocycles. The van der Waals surface area contributed by atoms with Gasteiger partial charge in [-0.2, -0.15) is 0 Å². The summed E-state index contributed by atoms with van der Waals surface area (Å²) >= 11 is 0. The SMILES string of the molecule is CCCCOC(CC)C1C(=O)N(CC)C(=O)C1C. The standard InChI is InChI=1S/C14H25NO3/c1-5-8-9-18-11(6-2)12-10(4)13(16)15(7-3)14(12)17/h10-12H,5-9H2,1-4H3. The predicted octanol–water partition coefficient (Wildman–Crippen LogP) is 2.22. The second kappa shape index (κ2) is 6.88. The van der Waals surface area contributed by atoms with Crippen molar-refractivity contribution >= 4 is 11.8 Å². The molecule has 4 nitrogen and oxygen atoms in total. The largest absolute Gasteiger partial charge is 0.377 e. The van der Waals surface area contributed by atoms with E-state index in [1.54, 1.807) is 0 Å². The zero-order chi connectivity index (χ0) is 13.7. The summed E-state index contributed by atoms with van der Waals surface area (Å²) in [7, 11) is 0. The Bertz CT molecular complexity index is 303. The molecule has 104 valence electrons. The first kappa shape index (κ1) is 15.2.